The van der Waals surface area contributed by atoms with Crippen molar-refractivity contribution in [1.29, 1.82) is 0 Å². The molecule has 0 aromatic carbocycles. The lowest BCUT2D eigenvalue weighted by atomic mass is 10.3. The summed E-state index contributed by atoms with van der Waals surface area (Å²) >= 11 is 3.00. The van der Waals surface area contributed by atoms with E-state index in [4.69, 9.17) is 5.73 Å². The molecule has 0 bridgehead atoms. The molecule has 90 valence electrons. The van der Waals surface area contributed by atoms with E-state index in [2.05, 4.69) is 14.7 Å². The Hall–Kier alpha value is -1.27. The van der Waals surface area contributed by atoms with Crippen LogP contribution in [0, 0.1) is 6.92 Å². The van der Waals surface area contributed by atoms with Crippen LogP contribution in [-0.2, 0) is 6.54 Å². The van der Waals surface area contributed by atoms with Gasteiger partial charge in [0, 0.05) is 5.69 Å². The first-order valence-electron chi connectivity index (χ1n) is 5.16. The van der Waals surface area contributed by atoms with Crippen LogP contribution in [0.15, 0.2) is 23.1 Å². The molecule has 2 aromatic rings. The van der Waals surface area contributed by atoms with Crippen molar-refractivity contribution in [3.63, 3.8) is 0 Å². The summed E-state index contributed by atoms with van der Waals surface area (Å²) in [6, 6.07) is 6.00. The average Bonchev–Trinajstić information content (AvgIpc) is 2.67. The first-order chi connectivity index (χ1) is 8.20. The van der Waals surface area contributed by atoms with Crippen molar-refractivity contribution >= 4 is 34.1 Å². The van der Waals surface area contributed by atoms with Crippen molar-refractivity contribution in [2.45, 2.75) is 18.4 Å². The Balaban J connectivity index is 2.07. The van der Waals surface area contributed by atoms with E-state index >= 15 is 0 Å². The summed E-state index contributed by atoms with van der Waals surface area (Å²) in [6.45, 7) is 2.68. The van der Waals surface area contributed by atoms with Gasteiger partial charge in [0.2, 0.25) is 0 Å². The third-order valence-corrected chi connectivity index (χ3v) is 4.02. The van der Waals surface area contributed by atoms with Gasteiger partial charge in [-0.15, -0.1) is 11.8 Å². The molecular formula is C11H14N4S2. The molecule has 17 heavy (non-hydrogen) atoms. The number of nitrogen functional groups attached to an aromatic ring is 1. The summed E-state index contributed by atoms with van der Waals surface area (Å²) in [5.41, 5.74) is 7.81. The van der Waals surface area contributed by atoms with Gasteiger partial charge in [-0.1, -0.05) is 6.07 Å². The maximum atomic E-state index is 5.77. The normalized spacial score (nSPS) is 10.5. The quantitative estimate of drug-likeness (QED) is 0.833. The van der Waals surface area contributed by atoms with Crippen molar-refractivity contribution in [3.8, 4) is 0 Å². The number of hydrogen-bond donors (Lipinski definition) is 2. The molecule has 2 rings (SSSR count). The minimum atomic E-state index is 0.599. The van der Waals surface area contributed by atoms with E-state index in [0.717, 1.165) is 21.3 Å². The van der Waals surface area contributed by atoms with Crippen molar-refractivity contribution in [2.75, 3.05) is 17.3 Å². The fraction of sp³-hybridized carbons (Fsp3) is 0.273. The van der Waals surface area contributed by atoms with Crippen LogP contribution in [0.3, 0.4) is 0 Å². The first kappa shape index (κ1) is 12.2. The van der Waals surface area contributed by atoms with Gasteiger partial charge in [-0.25, -0.2) is 0 Å². The van der Waals surface area contributed by atoms with Crippen molar-refractivity contribution in [1.82, 2.24) is 9.36 Å². The van der Waals surface area contributed by atoms with Crippen LogP contribution in [0.5, 0.6) is 0 Å². The molecule has 3 N–H and O–H groups in total. The van der Waals surface area contributed by atoms with Crippen LogP contribution in [0.4, 0.5) is 10.8 Å². The Morgan fingerprint density at radius 1 is 1.47 bits per heavy atom. The molecule has 0 aliphatic heterocycles. The second-order valence-corrected chi connectivity index (χ2v) is 5.14. The van der Waals surface area contributed by atoms with Crippen LogP contribution in [0.25, 0.3) is 0 Å². The van der Waals surface area contributed by atoms with Gasteiger partial charge in [-0.2, -0.15) is 4.37 Å². The summed E-state index contributed by atoms with van der Waals surface area (Å²) < 4.78 is 4.13. The largest absolute Gasteiger partial charge is 0.382 e. The van der Waals surface area contributed by atoms with Gasteiger partial charge in [-0.3, -0.25) is 4.98 Å². The van der Waals surface area contributed by atoms with Gasteiger partial charge in [0.25, 0.3) is 0 Å². The highest BCUT2D eigenvalue weighted by Crippen LogP contribution is 2.34. The fourth-order valence-corrected chi connectivity index (χ4v) is 3.01. The molecule has 0 radical (unpaired) electrons. The van der Waals surface area contributed by atoms with E-state index in [1.54, 1.807) is 11.8 Å². The van der Waals surface area contributed by atoms with Gasteiger partial charge in [0.1, 0.15) is 5.00 Å². The lowest BCUT2D eigenvalue weighted by Crippen LogP contribution is -2.01. The van der Waals surface area contributed by atoms with Gasteiger partial charge in [0.15, 0.2) is 5.82 Å². The highest BCUT2D eigenvalue weighted by molar-refractivity contribution is 7.99. The third kappa shape index (κ3) is 2.89. The Kier molecular flexibility index (Phi) is 3.86. The fourth-order valence-electron chi connectivity index (χ4n) is 1.47. The van der Waals surface area contributed by atoms with E-state index in [0.29, 0.717) is 12.4 Å². The Morgan fingerprint density at radius 3 is 3.00 bits per heavy atom. The smallest absolute Gasteiger partial charge is 0.153 e. The zero-order valence-corrected chi connectivity index (χ0v) is 11.4. The number of hydrogen-bond acceptors (Lipinski definition) is 6. The number of thioether (sulfide) groups is 1. The topological polar surface area (TPSA) is 63.8 Å². The molecular weight excluding hydrogens is 252 g/mol. The summed E-state index contributed by atoms with van der Waals surface area (Å²) in [6.07, 6.45) is 2.00. The molecule has 0 fully saturated rings. The number of nitrogens with zero attached hydrogens (tertiary/aromatic N) is 2. The van der Waals surface area contributed by atoms with Crippen LogP contribution < -0.4 is 11.1 Å². The van der Waals surface area contributed by atoms with Crippen molar-refractivity contribution < 1.29 is 0 Å². The molecule has 0 atom stereocenters. The lowest BCUT2D eigenvalue weighted by molar-refractivity contribution is 1.02. The van der Waals surface area contributed by atoms with Crippen LogP contribution in [0.2, 0.25) is 0 Å². The lowest BCUT2D eigenvalue weighted by Gasteiger charge is -2.05. The van der Waals surface area contributed by atoms with Crippen molar-refractivity contribution in [3.05, 3.63) is 29.6 Å². The molecule has 0 amide bonds. The number of aromatic nitrogens is 2. The maximum Gasteiger partial charge on any atom is 0.153 e. The van der Waals surface area contributed by atoms with Crippen molar-refractivity contribution in [2.24, 2.45) is 0 Å². The summed E-state index contributed by atoms with van der Waals surface area (Å²) in [7, 11) is 0. The summed E-state index contributed by atoms with van der Waals surface area (Å²) in [5.74, 6) is 0.599. The minimum absolute atomic E-state index is 0.599. The standard InChI is InChI=1S/C11H14N4S2/c1-7-4-3-5-8(14-7)6-13-11-9(16-2)10(12)15-17-11/h3-5,13H,6H2,1-2H3,(H2,12,15). The number of anilines is 2. The highest BCUT2D eigenvalue weighted by atomic mass is 32.2. The monoisotopic (exact) mass is 266 g/mol. The molecule has 4 nitrogen and oxygen atoms in total. The van der Waals surface area contributed by atoms with Crippen LogP contribution in [-0.4, -0.2) is 15.6 Å². The average molecular weight is 266 g/mol. The molecule has 0 spiro atoms. The number of aryl methyl sites for hydroxylation is 1. The number of rotatable bonds is 4. The summed E-state index contributed by atoms with van der Waals surface area (Å²) in [4.78, 5) is 5.45. The number of nitrogens with two attached hydrogens (primary N) is 1. The van der Waals surface area contributed by atoms with E-state index in [1.807, 2.05) is 31.4 Å². The Labute approximate surface area is 109 Å². The molecule has 0 saturated carbocycles. The van der Waals surface area contributed by atoms with Gasteiger partial charge < -0.3 is 11.1 Å². The molecule has 0 unspecified atom stereocenters. The van der Waals surface area contributed by atoms with E-state index in [-0.39, 0.29) is 0 Å². The molecule has 0 aliphatic carbocycles. The molecule has 0 saturated heterocycles. The second-order valence-electron chi connectivity index (χ2n) is 3.55. The minimum Gasteiger partial charge on any atom is -0.382 e. The Bertz CT molecular complexity index is 510. The second kappa shape index (κ2) is 5.37. The SMILES string of the molecule is CSc1c(N)nsc1NCc1cccc(C)n1. The zero-order chi connectivity index (χ0) is 12.3. The van der Waals surface area contributed by atoms with E-state index < -0.39 is 0 Å². The van der Waals surface area contributed by atoms with Gasteiger partial charge in [-0.05, 0) is 36.8 Å². The molecule has 0 aliphatic rings. The Morgan fingerprint density at radius 2 is 2.29 bits per heavy atom. The maximum absolute atomic E-state index is 5.77. The van der Waals surface area contributed by atoms with E-state index in [1.165, 1.54) is 11.5 Å². The van der Waals surface area contributed by atoms with Gasteiger partial charge in [0.05, 0.1) is 17.1 Å². The number of pyridine rings is 1. The number of nitrogens with one attached hydrogen (secondary N) is 1. The first-order valence-corrected chi connectivity index (χ1v) is 7.16. The van der Waals surface area contributed by atoms with Crippen LogP contribution in [0.1, 0.15) is 11.4 Å². The third-order valence-electron chi connectivity index (χ3n) is 2.25. The summed E-state index contributed by atoms with van der Waals surface area (Å²) in [5, 5.41) is 4.33. The molecule has 6 heteroatoms. The molecule has 2 heterocycles. The molecule has 2 aromatic heterocycles. The van der Waals surface area contributed by atoms with Gasteiger partial charge >= 0.3 is 0 Å². The predicted molar refractivity (Wildman–Crippen MR) is 74.6 cm³/mol. The predicted octanol–water partition coefficient (Wildman–Crippen LogP) is 2.76. The van der Waals surface area contributed by atoms with E-state index in [9.17, 15) is 0 Å². The highest BCUT2D eigenvalue weighted by Gasteiger charge is 2.09. The zero-order valence-electron chi connectivity index (χ0n) is 9.73. The van der Waals surface area contributed by atoms with Crippen LogP contribution >= 0.6 is 23.3 Å².